The lowest BCUT2D eigenvalue weighted by atomic mass is 10.1. The van der Waals surface area contributed by atoms with Crippen molar-refractivity contribution in [2.75, 3.05) is 26.3 Å². The summed E-state index contributed by atoms with van der Waals surface area (Å²) >= 11 is 0. The van der Waals surface area contributed by atoms with Crippen LogP contribution in [0.5, 0.6) is 0 Å². The lowest BCUT2D eigenvalue weighted by Gasteiger charge is -2.26. The zero-order chi connectivity index (χ0) is 12.9. The van der Waals surface area contributed by atoms with E-state index >= 15 is 0 Å². The highest BCUT2D eigenvalue weighted by Gasteiger charge is 2.21. The Hall–Kier alpha value is -0.650. The van der Waals surface area contributed by atoms with Crippen molar-refractivity contribution in [2.45, 2.75) is 45.4 Å². The molecule has 1 aliphatic heterocycles. The van der Waals surface area contributed by atoms with E-state index in [9.17, 15) is 4.79 Å². The van der Waals surface area contributed by atoms with Crippen LogP contribution in [0.4, 0.5) is 0 Å². The van der Waals surface area contributed by atoms with Crippen LogP contribution in [0.1, 0.15) is 27.7 Å². The Kier molecular flexibility index (Phi) is 5.36. The van der Waals surface area contributed by atoms with Crippen LogP contribution in [0.3, 0.4) is 0 Å². The molecular weight excluding hydrogens is 220 g/mol. The molecule has 0 spiro atoms. The van der Waals surface area contributed by atoms with E-state index in [-0.39, 0.29) is 17.6 Å². The molecule has 0 aliphatic carbocycles. The first-order chi connectivity index (χ1) is 7.88. The number of hydrogen-bond donors (Lipinski definition) is 2. The fraction of sp³-hybridized carbons (Fsp3) is 0.917. The molecule has 1 aliphatic rings. The van der Waals surface area contributed by atoms with E-state index in [1.165, 1.54) is 0 Å². The molecule has 2 N–H and O–H groups in total. The minimum atomic E-state index is -0.445. The Bertz CT molecular complexity index is 245. The van der Waals surface area contributed by atoms with Crippen molar-refractivity contribution in [2.24, 2.45) is 0 Å². The molecule has 0 aromatic heterocycles. The third kappa shape index (κ3) is 6.00. The zero-order valence-corrected chi connectivity index (χ0v) is 11.2. The second-order valence-corrected chi connectivity index (χ2v) is 5.41. The van der Waals surface area contributed by atoms with E-state index in [1.54, 1.807) is 6.92 Å². The number of carbonyl (C=O) groups excluding carboxylic acids is 1. The Morgan fingerprint density at radius 3 is 2.82 bits per heavy atom. The number of carbonyl (C=O) groups is 1. The van der Waals surface area contributed by atoms with Crippen molar-refractivity contribution in [1.29, 1.82) is 0 Å². The first kappa shape index (κ1) is 14.4. The van der Waals surface area contributed by atoms with Gasteiger partial charge in [0, 0.05) is 18.6 Å². The summed E-state index contributed by atoms with van der Waals surface area (Å²) in [6.07, 6.45) is -0.395. The van der Waals surface area contributed by atoms with Gasteiger partial charge in [0.25, 0.3) is 0 Å². The zero-order valence-electron chi connectivity index (χ0n) is 11.2. The van der Waals surface area contributed by atoms with Crippen LogP contribution >= 0.6 is 0 Å². The molecule has 5 nitrogen and oxygen atoms in total. The molecule has 17 heavy (non-hydrogen) atoms. The molecule has 0 radical (unpaired) electrons. The van der Waals surface area contributed by atoms with Gasteiger partial charge in [-0.25, -0.2) is 0 Å². The summed E-state index contributed by atoms with van der Waals surface area (Å²) in [6.45, 7) is 10.4. The van der Waals surface area contributed by atoms with Gasteiger partial charge in [0.2, 0.25) is 5.91 Å². The van der Waals surface area contributed by atoms with E-state index in [4.69, 9.17) is 9.47 Å². The van der Waals surface area contributed by atoms with Gasteiger partial charge >= 0.3 is 0 Å². The molecule has 5 heteroatoms. The first-order valence-electron chi connectivity index (χ1n) is 6.14. The topological polar surface area (TPSA) is 59.6 Å². The summed E-state index contributed by atoms with van der Waals surface area (Å²) in [5, 5.41) is 6.11. The van der Waals surface area contributed by atoms with Crippen LogP contribution in [-0.4, -0.2) is 50.0 Å². The lowest BCUT2D eigenvalue weighted by molar-refractivity contribution is -0.136. The molecule has 2 unspecified atom stereocenters. The summed E-state index contributed by atoms with van der Waals surface area (Å²) in [5.41, 5.74) is -0.225. The largest absolute Gasteiger partial charge is 0.373 e. The summed E-state index contributed by atoms with van der Waals surface area (Å²) in [4.78, 5) is 11.7. The SMILES string of the molecule is CC(OCC1CNCCO1)C(=O)NC(C)(C)C. The predicted molar refractivity (Wildman–Crippen MR) is 65.9 cm³/mol. The second-order valence-electron chi connectivity index (χ2n) is 5.41. The van der Waals surface area contributed by atoms with Crippen LogP contribution in [-0.2, 0) is 14.3 Å². The molecule has 0 saturated carbocycles. The summed E-state index contributed by atoms with van der Waals surface area (Å²) in [6, 6.07) is 0. The van der Waals surface area contributed by atoms with Gasteiger partial charge in [-0.3, -0.25) is 4.79 Å². The highest BCUT2D eigenvalue weighted by molar-refractivity contribution is 5.80. The first-order valence-corrected chi connectivity index (χ1v) is 6.14. The normalized spacial score (nSPS) is 23.2. The van der Waals surface area contributed by atoms with Gasteiger partial charge in [0.1, 0.15) is 6.10 Å². The van der Waals surface area contributed by atoms with Crippen molar-refractivity contribution in [3.63, 3.8) is 0 Å². The van der Waals surface area contributed by atoms with Crippen LogP contribution in [0.15, 0.2) is 0 Å². The minimum Gasteiger partial charge on any atom is -0.373 e. The highest BCUT2D eigenvalue weighted by atomic mass is 16.5. The van der Waals surface area contributed by atoms with Gasteiger partial charge in [-0.15, -0.1) is 0 Å². The highest BCUT2D eigenvalue weighted by Crippen LogP contribution is 2.03. The van der Waals surface area contributed by atoms with Crippen LogP contribution < -0.4 is 10.6 Å². The maximum atomic E-state index is 11.7. The van der Waals surface area contributed by atoms with Gasteiger partial charge in [-0.05, 0) is 27.7 Å². The van der Waals surface area contributed by atoms with E-state index in [1.807, 2.05) is 20.8 Å². The molecule has 0 aromatic rings. The van der Waals surface area contributed by atoms with Crippen molar-refractivity contribution < 1.29 is 14.3 Å². The third-order valence-corrected chi connectivity index (χ3v) is 2.40. The maximum Gasteiger partial charge on any atom is 0.249 e. The minimum absolute atomic E-state index is 0.0497. The van der Waals surface area contributed by atoms with Crippen molar-refractivity contribution in [3.05, 3.63) is 0 Å². The van der Waals surface area contributed by atoms with Gasteiger partial charge < -0.3 is 20.1 Å². The average molecular weight is 244 g/mol. The number of amides is 1. The van der Waals surface area contributed by atoms with Crippen LogP contribution in [0, 0.1) is 0 Å². The molecule has 1 rings (SSSR count). The average Bonchev–Trinajstić information content (AvgIpc) is 2.25. The van der Waals surface area contributed by atoms with E-state index in [0.29, 0.717) is 13.2 Å². The molecule has 100 valence electrons. The Labute approximate surface area is 103 Å². The number of ether oxygens (including phenoxy) is 2. The molecule has 1 fully saturated rings. The molecule has 1 saturated heterocycles. The molecular formula is C12H24N2O3. The molecule has 1 heterocycles. The standard InChI is InChI=1S/C12H24N2O3/c1-9(11(15)14-12(2,3)4)17-8-10-7-13-5-6-16-10/h9-10,13H,5-8H2,1-4H3,(H,14,15). The number of morpholine rings is 1. The summed E-state index contributed by atoms with van der Waals surface area (Å²) in [7, 11) is 0. The summed E-state index contributed by atoms with van der Waals surface area (Å²) < 4.78 is 11.0. The second kappa shape index (κ2) is 6.33. The number of nitrogens with one attached hydrogen (secondary N) is 2. The fourth-order valence-electron chi connectivity index (χ4n) is 1.53. The Balaban J connectivity index is 2.23. The smallest absolute Gasteiger partial charge is 0.249 e. The Morgan fingerprint density at radius 2 is 2.29 bits per heavy atom. The van der Waals surface area contributed by atoms with Crippen molar-refractivity contribution >= 4 is 5.91 Å². The quantitative estimate of drug-likeness (QED) is 0.746. The fourth-order valence-corrected chi connectivity index (χ4v) is 1.53. The molecule has 2 atom stereocenters. The molecule has 0 bridgehead atoms. The van der Waals surface area contributed by atoms with Gasteiger partial charge in [-0.2, -0.15) is 0 Å². The van der Waals surface area contributed by atoms with Crippen LogP contribution in [0.25, 0.3) is 0 Å². The van der Waals surface area contributed by atoms with Gasteiger partial charge in [0.15, 0.2) is 0 Å². The number of hydrogen-bond acceptors (Lipinski definition) is 4. The van der Waals surface area contributed by atoms with E-state index < -0.39 is 6.10 Å². The van der Waals surface area contributed by atoms with Crippen molar-refractivity contribution in [3.8, 4) is 0 Å². The Morgan fingerprint density at radius 1 is 1.59 bits per heavy atom. The van der Waals surface area contributed by atoms with Gasteiger partial charge in [0.05, 0.1) is 19.3 Å². The maximum absolute atomic E-state index is 11.7. The van der Waals surface area contributed by atoms with Crippen molar-refractivity contribution in [1.82, 2.24) is 10.6 Å². The monoisotopic (exact) mass is 244 g/mol. The third-order valence-electron chi connectivity index (χ3n) is 2.40. The van der Waals surface area contributed by atoms with E-state index in [2.05, 4.69) is 10.6 Å². The molecule has 0 aromatic carbocycles. The number of rotatable bonds is 4. The lowest BCUT2D eigenvalue weighted by Crippen LogP contribution is -2.47. The van der Waals surface area contributed by atoms with Gasteiger partial charge in [-0.1, -0.05) is 0 Å². The van der Waals surface area contributed by atoms with Crippen LogP contribution in [0.2, 0.25) is 0 Å². The predicted octanol–water partition coefficient (Wildman–Crippen LogP) is 0.295. The molecule has 1 amide bonds. The summed E-state index contributed by atoms with van der Waals surface area (Å²) in [5.74, 6) is -0.0822. The van der Waals surface area contributed by atoms with E-state index in [0.717, 1.165) is 13.1 Å².